The quantitative estimate of drug-likeness (QED) is 0.255. The second kappa shape index (κ2) is 9.93. The number of hydrogen-bond acceptors (Lipinski definition) is 5. The predicted molar refractivity (Wildman–Crippen MR) is 149 cm³/mol. The lowest BCUT2D eigenvalue weighted by molar-refractivity contribution is -0.139. The monoisotopic (exact) mass is 549 g/mol. The molecule has 8 heteroatoms. The van der Waals surface area contributed by atoms with Crippen LogP contribution in [0, 0.1) is 5.92 Å². The molecule has 0 bridgehead atoms. The van der Waals surface area contributed by atoms with E-state index in [4.69, 9.17) is 32.4 Å². The van der Waals surface area contributed by atoms with E-state index in [9.17, 15) is 14.4 Å². The van der Waals surface area contributed by atoms with Gasteiger partial charge in [0.2, 0.25) is 17.1 Å². The molecule has 0 aliphatic carbocycles. The molecule has 1 amide bonds. The summed E-state index contributed by atoms with van der Waals surface area (Å²) in [6.07, 6.45) is -0.0399. The summed E-state index contributed by atoms with van der Waals surface area (Å²) in [5.74, 6) is -1.76. The van der Waals surface area contributed by atoms with Gasteiger partial charge in [-0.15, -0.1) is 0 Å². The maximum Gasteiger partial charge on any atom is 0.316 e. The highest BCUT2D eigenvalue weighted by Crippen LogP contribution is 2.35. The molecule has 5 rings (SSSR count). The highest BCUT2D eigenvalue weighted by atomic mass is 35.5. The number of fused-ring (bicyclic) bond motifs is 1. The van der Waals surface area contributed by atoms with Crippen LogP contribution in [0.25, 0.3) is 22.3 Å². The van der Waals surface area contributed by atoms with Crippen molar-refractivity contribution in [3.05, 3.63) is 92.6 Å². The van der Waals surface area contributed by atoms with Crippen molar-refractivity contribution in [3.63, 3.8) is 0 Å². The van der Waals surface area contributed by atoms with Gasteiger partial charge in [0.25, 0.3) is 0 Å². The first-order valence-corrected chi connectivity index (χ1v) is 12.9. The van der Waals surface area contributed by atoms with E-state index in [0.717, 1.165) is 5.56 Å². The molecular weight excluding hydrogens is 525 g/mol. The summed E-state index contributed by atoms with van der Waals surface area (Å²) < 4.78 is 11.8. The van der Waals surface area contributed by atoms with E-state index in [2.05, 4.69) is 20.8 Å². The van der Waals surface area contributed by atoms with E-state index >= 15 is 0 Å². The molecule has 1 aliphatic rings. The molecule has 1 aromatic heterocycles. The van der Waals surface area contributed by atoms with E-state index in [0.29, 0.717) is 26.9 Å². The third-order valence-corrected chi connectivity index (χ3v) is 7.11. The van der Waals surface area contributed by atoms with Crippen LogP contribution in [-0.4, -0.2) is 18.4 Å². The summed E-state index contributed by atoms with van der Waals surface area (Å²) in [6, 6.07) is 19.1. The van der Waals surface area contributed by atoms with Crippen molar-refractivity contribution in [2.75, 3.05) is 11.4 Å². The minimum absolute atomic E-state index is 0.0399. The Morgan fingerprint density at radius 2 is 1.61 bits per heavy atom. The first kappa shape index (κ1) is 26.0. The molecule has 1 fully saturated rings. The largest absolute Gasteiger partial charge is 0.452 e. The summed E-state index contributed by atoms with van der Waals surface area (Å²) in [6.45, 7) is 6.43. The number of rotatable bonds is 4. The predicted octanol–water partition coefficient (Wildman–Crippen LogP) is 7.02. The molecule has 6 nitrogen and oxygen atoms in total. The third kappa shape index (κ3) is 5.06. The highest BCUT2D eigenvalue weighted by Gasteiger charge is 2.37. The minimum Gasteiger partial charge on any atom is -0.452 e. The van der Waals surface area contributed by atoms with E-state index in [1.807, 2.05) is 24.3 Å². The van der Waals surface area contributed by atoms with Gasteiger partial charge < -0.3 is 14.1 Å². The van der Waals surface area contributed by atoms with Crippen LogP contribution in [0.5, 0.6) is 5.75 Å². The lowest BCUT2D eigenvalue weighted by Gasteiger charge is -2.19. The van der Waals surface area contributed by atoms with Crippen LogP contribution in [-0.2, 0) is 15.0 Å². The zero-order chi connectivity index (χ0) is 27.2. The summed E-state index contributed by atoms with van der Waals surface area (Å²) in [7, 11) is 0. The molecule has 1 aliphatic heterocycles. The molecule has 0 spiro atoms. The molecule has 4 aromatic rings. The summed E-state index contributed by atoms with van der Waals surface area (Å²) in [5, 5.41) is 1.09. The number of carbonyl (C=O) groups excluding carboxylic acids is 2. The fourth-order valence-corrected chi connectivity index (χ4v) is 4.77. The zero-order valence-corrected chi connectivity index (χ0v) is 22.6. The van der Waals surface area contributed by atoms with Gasteiger partial charge in [-0.25, -0.2) is 0 Å². The van der Waals surface area contributed by atoms with Gasteiger partial charge >= 0.3 is 5.97 Å². The number of nitrogens with zero attached hydrogens (tertiary/aromatic N) is 1. The molecular formula is C30H25Cl2NO5. The van der Waals surface area contributed by atoms with Crippen molar-refractivity contribution in [3.8, 4) is 17.1 Å². The molecule has 1 saturated heterocycles. The van der Waals surface area contributed by atoms with Crippen LogP contribution in [0.1, 0.15) is 32.8 Å². The van der Waals surface area contributed by atoms with Crippen molar-refractivity contribution in [1.29, 1.82) is 0 Å². The maximum atomic E-state index is 13.5. The number of ether oxygens (including phenoxy) is 1. The Labute approximate surface area is 229 Å². The smallest absolute Gasteiger partial charge is 0.316 e. The Morgan fingerprint density at radius 3 is 2.26 bits per heavy atom. The number of anilines is 1. The maximum absolute atomic E-state index is 13.5. The van der Waals surface area contributed by atoms with Crippen molar-refractivity contribution in [2.45, 2.75) is 32.6 Å². The molecule has 38 heavy (non-hydrogen) atoms. The topological polar surface area (TPSA) is 76.8 Å². The first-order chi connectivity index (χ1) is 18.0. The lowest BCUT2D eigenvalue weighted by atomic mass is 9.86. The molecule has 2 heterocycles. The number of esters is 1. The van der Waals surface area contributed by atoms with Gasteiger partial charge in [-0.05, 0) is 53.4 Å². The standard InChI is InChI=1S/C30H25Cl2NO5/c1-30(2,3)19-6-4-17(5-7-19)27-28(26(35)23-15-21(32)10-13-24(23)37-27)38-29(36)18-14-25(34)33(16-18)22-11-8-20(31)9-12-22/h4-13,15,18H,14,16H2,1-3H3. The number of halogens is 2. The third-order valence-electron chi connectivity index (χ3n) is 6.62. The Hall–Kier alpha value is -3.61. The van der Waals surface area contributed by atoms with E-state index in [1.54, 1.807) is 36.4 Å². The highest BCUT2D eigenvalue weighted by molar-refractivity contribution is 6.31. The molecule has 0 radical (unpaired) electrons. The summed E-state index contributed by atoms with van der Waals surface area (Å²) >= 11 is 12.1. The van der Waals surface area contributed by atoms with Crippen LogP contribution in [0.15, 0.2) is 75.9 Å². The van der Waals surface area contributed by atoms with Crippen molar-refractivity contribution in [2.24, 2.45) is 5.92 Å². The van der Waals surface area contributed by atoms with Gasteiger partial charge in [0.1, 0.15) is 5.58 Å². The number of hydrogen-bond donors (Lipinski definition) is 0. The molecule has 1 unspecified atom stereocenters. The van der Waals surface area contributed by atoms with Gasteiger partial charge in [-0.2, -0.15) is 0 Å². The van der Waals surface area contributed by atoms with Gasteiger partial charge in [0.05, 0.1) is 11.3 Å². The van der Waals surface area contributed by atoms with Crippen molar-refractivity contribution in [1.82, 2.24) is 0 Å². The normalized spacial score (nSPS) is 15.8. The Bertz CT molecular complexity index is 1600. The fraction of sp³-hybridized carbons (Fsp3) is 0.233. The average Bonchev–Trinajstić information content (AvgIpc) is 3.27. The van der Waals surface area contributed by atoms with Crippen molar-refractivity contribution < 1.29 is 18.7 Å². The second-order valence-corrected chi connectivity index (χ2v) is 11.2. The van der Waals surface area contributed by atoms with Crippen LogP contribution < -0.4 is 15.1 Å². The average molecular weight is 550 g/mol. The minimum atomic E-state index is -0.760. The van der Waals surface area contributed by atoms with Gasteiger partial charge in [0.15, 0.2) is 5.76 Å². The number of carbonyl (C=O) groups is 2. The SMILES string of the molecule is CC(C)(C)c1ccc(-c2oc3ccc(Cl)cc3c(=O)c2OC(=O)C2CC(=O)N(c3ccc(Cl)cc3)C2)cc1. The molecule has 3 aromatic carbocycles. The second-order valence-electron chi connectivity index (χ2n) is 10.4. The summed E-state index contributed by atoms with van der Waals surface area (Å²) in [4.78, 5) is 41.0. The van der Waals surface area contributed by atoms with E-state index in [-0.39, 0.29) is 41.2 Å². The fourth-order valence-electron chi connectivity index (χ4n) is 4.47. The van der Waals surface area contributed by atoms with Gasteiger partial charge in [-0.3, -0.25) is 14.4 Å². The Morgan fingerprint density at radius 1 is 0.947 bits per heavy atom. The first-order valence-electron chi connectivity index (χ1n) is 12.2. The van der Waals surface area contributed by atoms with Crippen LogP contribution in [0.2, 0.25) is 10.0 Å². The Kier molecular flexibility index (Phi) is 6.80. The van der Waals surface area contributed by atoms with Crippen LogP contribution in [0.4, 0.5) is 5.69 Å². The molecule has 0 saturated carbocycles. The Balaban J connectivity index is 1.51. The van der Waals surface area contributed by atoms with Gasteiger partial charge in [-0.1, -0.05) is 68.2 Å². The molecule has 0 N–H and O–H groups in total. The number of benzene rings is 3. The van der Waals surface area contributed by atoms with Crippen LogP contribution >= 0.6 is 23.2 Å². The molecule has 194 valence electrons. The number of amides is 1. The van der Waals surface area contributed by atoms with Crippen LogP contribution in [0.3, 0.4) is 0 Å². The van der Waals surface area contributed by atoms with Gasteiger partial charge in [0, 0.05) is 34.3 Å². The van der Waals surface area contributed by atoms with E-state index in [1.165, 1.54) is 11.0 Å². The summed E-state index contributed by atoms with van der Waals surface area (Å²) in [5.41, 5.74) is 2.05. The van der Waals surface area contributed by atoms with Crippen molar-refractivity contribution >= 4 is 51.7 Å². The molecule has 1 atom stereocenters. The zero-order valence-electron chi connectivity index (χ0n) is 21.1. The lowest BCUT2D eigenvalue weighted by Crippen LogP contribution is -2.28. The van der Waals surface area contributed by atoms with E-state index < -0.39 is 17.3 Å².